The molecule has 1 aromatic carbocycles. The highest BCUT2D eigenvalue weighted by Gasteiger charge is 2.10. The fourth-order valence-corrected chi connectivity index (χ4v) is 1.48. The average molecular weight is 264 g/mol. The molecule has 4 heteroatoms. The maximum atomic E-state index is 11.8. The highest BCUT2D eigenvalue weighted by atomic mass is 16.5. The molecule has 106 valence electrons. The summed E-state index contributed by atoms with van der Waals surface area (Å²) in [5.74, 6) is 0.944. The predicted octanol–water partition coefficient (Wildman–Crippen LogP) is 2.75. The van der Waals surface area contributed by atoms with E-state index in [1.54, 1.807) is 4.90 Å². The first-order valence-electron chi connectivity index (χ1n) is 6.77. The molecule has 1 aromatic rings. The van der Waals surface area contributed by atoms with Gasteiger partial charge >= 0.3 is 0 Å². The maximum absolute atomic E-state index is 11.8. The molecule has 0 aliphatic heterocycles. The second kappa shape index (κ2) is 7.67. The summed E-state index contributed by atoms with van der Waals surface area (Å²) in [5, 5.41) is 3.12. The molecule has 0 bridgehead atoms. The number of nitrogens with zero attached hydrogens (tertiary/aromatic N) is 1. The number of ether oxygens (including phenoxy) is 1. The molecule has 0 fully saturated rings. The van der Waals surface area contributed by atoms with Crippen LogP contribution < -0.4 is 10.1 Å². The van der Waals surface area contributed by atoms with Crippen molar-refractivity contribution in [1.82, 2.24) is 4.90 Å². The van der Waals surface area contributed by atoms with Gasteiger partial charge in [0.1, 0.15) is 5.75 Å². The number of benzene rings is 1. The van der Waals surface area contributed by atoms with Crippen LogP contribution in [0.25, 0.3) is 0 Å². The highest BCUT2D eigenvalue weighted by molar-refractivity contribution is 5.80. The molecule has 0 aliphatic rings. The third kappa shape index (κ3) is 5.20. The van der Waals surface area contributed by atoms with E-state index < -0.39 is 0 Å². The molecular formula is C15H24N2O2. The number of nitrogens with one attached hydrogen (secondary N) is 1. The Bertz CT molecular complexity index is 388. The van der Waals surface area contributed by atoms with Crippen LogP contribution in [0.4, 0.5) is 5.69 Å². The Hall–Kier alpha value is -1.71. The van der Waals surface area contributed by atoms with Crippen molar-refractivity contribution in [3.8, 4) is 5.75 Å². The van der Waals surface area contributed by atoms with E-state index in [0.29, 0.717) is 6.54 Å². The highest BCUT2D eigenvalue weighted by Crippen LogP contribution is 2.15. The Morgan fingerprint density at radius 2 is 1.95 bits per heavy atom. The van der Waals surface area contributed by atoms with Gasteiger partial charge in [-0.2, -0.15) is 0 Å². The summed E-state index contributed by atoms with van der Waals surface area (Å²) < 4.78 is 5.50. The lowest BCUT2D eigenvalue weighted by Gasteiger charge is -2.21. The van der Waals surface area contributed by atoms with Crippen LogP contribution in [0, 0.1) is 0 Å². The molecule has 1 N–H and O–H groups in total. The fraction of sp³-hybridized carbons (Fsp3) is 0.533. The van der Waals surface area contributed by atoms with Crippen LogP contribution in [0.1, 0.15) is 27.2 Å². The lowest BCUT2D eigenvalue weighted by molar-refractivity contribution is -0.129. The van der Waals surface area contributed by atoms with Crippen LogP contribution >= 0.6 is 0 Å². The summed E-state index contributed by atoms with van der Waals surface area (Å²) in [6.07, 6.45) is 0.996. The molecule has 0 aromatic heterocycles. The van der Waals surface area contributed by atoms with Gasteiger partial charge < -0.3 is 15.0 Å². The van der Waals surface area contributed by atoms with Gasteiger partial charge in [-0.15, -0.1) is 0 Å². The number of carbonyl (C=O) groups is 1. The van der Waals surface area contributed by atoms with E-state index in [1.807, 2.05) is 45.2 Å². The first kappa shape index (κ1) is 15.3. The van der Waals surface area contributed by atoms with Crippen LogP contribution in [0.3, 0.4) is 0 Å². The van der Waals surface area contributed by atoms with Crippen molar-refractivity contribution >= 4 is 11.6 Å². The van der Waals surface area contributed by atoms with E-state index in [4.69, 9.17) is 4.74 Å². The van der Waals surface area contributed by atoms with Gasteiger partial charge in [0.25, 0.3) is 0 Å². The number of amides is 1. The van der Waals surface area contributed by atoms with Gasteiger partial charge in [0.15, 0.2) is 0 Å². The summed E-state index contributed by atoms with van der Waals surface area (Å²) in [4.78, 5) is 13.5. The molecule has 19 heavy (non-hydrogen) atoms. The standard InChI is InChI=1S/C15H24N2O2/c1-5-10-19-14-8-6-13(7-9-14)16-11-15(18)17(4)12(2)3/h6-9,12,16H,5,10-11H2,1-4H3. The smallest absolute Gasteiger partial charge is 0.241 e. The van der Waals surface area contributed by atoms with Crippen LogP contribution in [-0.2, 0) is 4.79 Å². The van der Waals surface area contributed by atoms with E-state index in [-0.39, 0.29) is 11.9 Å². The predicted molar refractivity (Wildman–Crippen MR) is 78.6 cm³/mol. The normalized spacial score (nSPS) is 10.4. The summed E-state index contributed by atoms with van der Waals surface area (Å²) in [6, 6.07) is 7.89. The molecule has 0 unspecified atom stereocenters. The molecule has 0 radical (unpaired) electrons. The molecule has 1 rings (SSSR count). The van der Waals surface area contributed by atoms with E-state index in [0.717, 1.165) is 24.5 Å². The number of hydrogen-bond acceptors (Lipinski definition) is 3. The number of carbonyl (C=O) groups excluding carboxylic acids is 1. The van der Waals surface area contributed by atoms with Gasteiger partial charge in [0, 0.05) is 18.8 Å². The van der Waals surface area contributed by atoms with Crippen molar-refractivity contribution in [2.24, 2.45) is 0 Å². The van der Waals surface area contributed by atoms with Crippen molar-refractivity contribution in [2.45, 2.75) is 33.2 Å². The Balaban J connectivity index is 2.43. The molecule has 0 aliphatic carbocycles. The van der Waals surface area contributed by atoms with Crippen molar-refractivity contribution in [3.63, 3.8) is 0 Å². The third-order valence-electron chi connectivity index (χ3n) is 2.94. The minimum Gasteiger partial charge on any atom is -0.494 e. The zero-order valence-electron chi connectivity index (χ0n) is 12.3. The maximum Gasteiger partial charge on any atom is 0.241 e. The fourth-order valence-electron chi connectivity index (χ4n) is 1.48. The zero-order valence-corrected chi connectivity index (χ0v) is 12.3. The largest absolute Gasteiger partial charge is 0.494 e. The molecular weight excluding hydrogens is 240 g/mol. The Kier molecular flexibility index (Phi) is 6.19. The van der Waals surface area contributed by atoms with Gasteiger partial charge in [0.05, 0.1) is 13.2 Å². The SMILES string of the molecule is CCCOc1ccc(NCC(=O)N(C)C(C)C)cc1. The van der Waals surface area contributed by atoms with Gasteiger partial charge in [-0.1, -0.05) is 6.92 Å². The topological polar surface area (TPSA) is 41.6 Å². The summed E-state index contributed by atoms with van der Waals surface area (Å²) >= 11 is 0. The second-order valence-electron chi connectivity index (χ2n) is 4.82. The summed E-state index contributed by atoms with van der Waals surface area (Å²) in [5.41, 5.74) is 0.925. The molecule has 0 spiro atoms. The summed E-state index contributed by atoms with van der Waals surface area (Å²) in [7, 11) is 1.82. The van der Waals surface area contributed by atoms with E-state index in [1.165, 1.54) is 0 Å². The number of hydrogen-bond donors (Lipinski definition) is 1. The molecule has 1 amide bonds. The van der Waals surface area contributed by atoms with E-state index in [2.05, 4.69) is 12.2 Å². The van der Waals surface area contributed by atoms with Crippen molar-refractivity contribution < 1.29 is 9.53 Å². The average Bonchev–Trinajstić information content (AvgIpc) is 2.42. The summed E-state index contributed by atoms with van der Waals surface area (Å²) in [6.45, 7) is 7.11. The van der Waals surface area contributed by atoms with Crippen molar-refractivity contribution in [2.75, 3.05) is 25.5 Å². The number of anilines is 1. The van der Waals surface area contributed by atoms with Crippen molar-refractivity contribution in [1.29, 1.82) is 0 Å². The number of likely N-dealkylation sites (N-methyl/N-ethyl adjacent to an activating group) is 1. The lowest BCUT2D eigenvalue weighted by atomic mass is 10.3. The minimum atomic E-state index is 0.0845. The van der Waals surface area contributed by atoms with Crippen LogP contribution in [-0.4, -0.2) is 37.0 Å². The van der Waals surface area contributed by atoms with Crippen molar-refractivity contribution in [3.05, 3.63) is 24.3 Å². The molecule has 0 atom stereocenters. The lowest BCUT2D eigenvalue weighted by Crippen LogP contribution is -2.37. The molecule has 0 saturated carbocycles. The van der Waals surface area contributed by atoms with Gasteiger partial charge in [-0.3, -0.25) is 4.79 Å². The number of rotatable bonds is 7. The van der Waals surface area contributed by atoms with Crippen LogP contribution in [0.15, 0.2) is 24.3 Å². The van der Waals surface area contributed by atoms with E-state index >= 15 is 0 Å². The third-order valence-corrected chi connectivity index (χ3v) is 2.94. The Morgan fingerprint density at radius 3 is 2.47 bits per heavy atom. The zero-order chi connectivity index (χ0) is 14.3. The molecule has 0 saturated heterocycles. The second-order valence-corrected chi connectivity index (χ2v) is 4.82. The molecule has 4 nitrogen and oxygen atoms in total. The first-order valence-corrected chi connectivity index (χ1v) is 6.77. The van der Waals surface area contributed by atoms with Gasteiger partial charge in [0.2, 0.25) is 5.91 Å². The first-order chi connectivity index (χ1) is 9.04. The van der Waals surface area contributed by atoms with Gasteiger partial charge in [-0.05, 0) is 44.5 Å². The Morgan fingerprint density at radius 1 is 1.32 bits per heavy atom. The van der Waals surface area contributed by atoms with Crippen LogP contribution in [0.5, 0.6) is 5.75 Å². The minimum absolute atomic E-state index is 0.0845. The quantitative estimate of drug-likeness (QED) is 0.823. The van der Waals surface area contributed by atoms with Crippen LogP contribution in [0.2, 0.25) is 0 Å². The van der Waals surface area contributed by atoms with E-state index in [9.17, 15) is 4.79 Å². The van der Waals surface area contributed by atoms with Gasteiger partial charge in [-0.25, -0.2) is 0 Å². The molecule has 0 heterocycles. The monoisotopic (exact) mass is 264 g/mol. The Labute approximate surface area is 115 Å².